The van der Waals surface area contributed by atoms with Gasteiger partial charge >= 0.3 is 0 Å². The van der Waals surface area contributed by atoms with E-state index >= 15 is 0 Å². The van der Waals surface area contributed by atoms with E-state index in [9.17, 15) is 4.79 Å². The van der Waals surface area contributed by atoms with Gasteiger partial charge in [0.05, 0.1) is 24.1 Å². The second kappa shape index (κ2) is 5.37. The number of aromatic amines is 1. The minimum absolute atomic E-state index is 0.294. The predicted molar refractivity (Wildman–Crippen MR) is 82.4 cm³/mol. The number of hydrogen-bond donors (Lipinski definition) is 2. The molecule has 106 valence electrons. The number of nitrogen functional groups attached to an aromatic ring is 1. The van der Waals surface area contributed by atoms with Crippen molar-refractivity contribution in [1.82, 2.24) is 15.2 Å². The Hall–Kier alpha value is -2.67. The summed E-state index contributed by atoms with van der Waals surface area (Å²) in [6.45, 7) is 0. The Morgan fingerprint density at radius 1 is 1.24 bits per heavy atom. The Labute approximate surface area is 124 Å². The number of anilines is 1. The van der Waals surface area contributed by atoms with Gasteiger partial charge in [-0.25, -0.2) is 10.1 Å². The highest BCUT2D eigenvalue weighted by molar-refractivity contribution is 7.13. The molecule has 0 aliphatic carbocycles. The molecular formula is C14H12N4O2S. The molecule has 0 radical (unpaired) electrons. The molecule has 0 unspecified atom stereocenters. The SMILES string of the molecule is COc1ccc(-c2cc(-c3csc(N)n3)c(=O)[nH]n2)cc1. The number of nitrogens with two attached hydrogens (primary N) is 1. The van der Waals surface area contributed by atoms with Crippen molar-refractivity contribution < 1.29 is 4.74 Å². The molecule has 2 aromatic heterocycles. The zero-order valence-corrected chi connectivity index (χ0v) is 12.0. The van der Waals surface area contributed by atoms with E-state index in [4.69, 9.17) is 10.5 Å². The van der Waals surface area contributed by atoms with Crippen LogP contribution in [-0.2, 0) is 0 Å². The minimum atomic E-state index is -0.294. The van der Waals surface area contributed by atoms with Crippen LogP contribution in [0.3, 0.4) is 0 Å². The number of nitrogens with one attached hydrogen (secondary N) is 1. The van der Waals surface area contributed by atoms with Gasteiger partial charge in [0.25, 0.3) is 5.56 Å². The topological polar surface area (TPSA) is 93.9 Å². The first-order chi connectivity index (χ1) is 10.2. The quantitative estimate of drug-likeness (QED) is 0.773. The van der Waals surface area contributed by atoms with E-state index in [1.54, 1.807) is 18.6 Å². The highest BCUT2D eigenvalue weighted by Crippen LogP contribution is 2.24. The second-order valence-corrected chi connectivity index (χ2v) is 5.19. The Morgan fingerprint density at radius 3 is 2.62 bits per heavy atom. The molecule has 0 fully saturated rings. The first-order valence-electron chi connectivity index (χ1n) is 6.13. The third-order valence-electron chi connectivity index (χ3n) is 2.99. The van der Waals surface area contributed by atoms with E-state index in [0.29, 0.717) is 22.1 Å². The maximum atomic E-state index is 11.9. The molecule has 0 spiro atoms. The van der Waals surface area contributed by atoms with Gasteiger partial charge in [-0.15, -0.1) is 11.3 Å². The maximum Gasteiger partial charge on any atom is 0.273 e. The minimum Gasteiger partial charge on any atom is -0.497 e. The average molecular weight is 300 g/mol. The molecule has 6 nitrogen and oxygen atoms in total. The fourth-order valence-corrected chi connectivity index (χ4v) is 2.48. The summed E-state index contributed by atoms with van der Waals surface area (Å²) in [5.74, 6) is 0.760. The lowest BCUT2D eigenvalue weighted by molar-refractivity contribution is 0.415. The number of H-pyrrole nitrogens is 1. The Morgan fingerprint density at radius 2 is 2.00 bits per heavy atom. The predicted octanol–water partition coefficient (Wildman–Crippen LogP) is 2.15. The summed E-state index contributed by atoms with van der Waals surface area (Å²) in [7, 11) is 1.61. The van der Waals surface area contributed by atoms with Crippen molar-refractivity contribution in [3.8, 4) is 28.3 Å². The summed E-state index contributed by atoms with van der Waals surface area (Å²) in [5.41, 5.74) is 7.84. The number of ether oxygens (including phenoxy) is 1. The molecule has 0 saturated carbocycles. The van der Waals surface area contributed by atoms with Gasteiger partial charge in [-0.05, 0) is 30.3 Å². The maximum absolute atomic E-state index is 11.9. The van der Waals surface area contributed by atoms with Crippen molar-refractivity contribution in [2.75, 3.05) is 12.8 Å². The van der Waals surface area contributed by atoms with Gasteiger partial charge in [0.1, 0.15) is 5.75 Å². The Balaban J connectivity index is 2.06. The molecule has 0 saturated heterocycles. The number of aromatic nitrogens is 3. The van der Waals surface area contributed by atoms with Crippen LogP contribution in [0.1, 0.15) is 0 Å². The third-order valence-corrected chi connectivity index (χ3v) is 3.66. The smallest absolute Gasteiger partial charge is 0.273 e. The summed E-state index contributed by atoms with van der Waals surface area (Å²) >= 11 is 1.29. The van der Waals surface area contributed by atoms with Crippen molar-refractivity contribution in [3.63, 3.8) is 0 Å². The molecule has 1 aromatic carbocycles. The average Bonchev–Trinajstić information content (AvgIpc) is 2.94. The van der Waals surface area contributed by atoms with Crippen LogP contribution in [0.5, 0.6) is 5.75 Å². The van der Waals surface area contributed by atoms with Crippen molar-refractivity contribution in [1.29, 1.82) is 0 Å². The summed E-state index contributed by atoms with van der Waals surface area (Å²) in [4.78, 5) is 16.0. The number of rotatable bonds is 3. The summed E-state index contributed by atoms with van der Waals surface area (Å²) in [5, 5.41) is 8.72. The van der Waals surface area contributed by atoms with Crippen molar-refractivity contribution >= 4 is 16.5 Å². The zero-order valence-electron chi connectivity index (χ0n) is 11.2. The van der Waals surface area contributed by atoms with Crippen molar-refractivity contribution in [2.45, 2.75) is 0 Å². The highest BCUT2D eigenvalue weighted by Gasteiger charge is 2.10. The van der Waals surface area contributed by atoms with Gasteiger partial charge in [-0.1, -0.05) is 0 Å². The van der Waals surface area contributed by atoms with Crippen LogP contribution < -0.4 is 16.0 Å². The first-order valence-corrected chi connectivity index (χ1v) is 7.01. The molecule has 0 amide bonds. The summed E-state index contributed by atoms with van der Waals surface area (Å²) in [6.07, 6.45) is 0. The molecule has 0 aliphatic rings. The summed E-state index contributed by atoms with van der Waals surface area (Å²) < 4.78 is 5.12. The molecule has 2 heterocycles. The van der Waals surface area contributed by atoms with E-state index < -0.39 is 0 Å². The van der Waals surface area contributed by atoms with Gasteiger partial charge in [0.2, 0.25) is 0 Å². The van der Waals surface area contributed by atoms with Crippen molar-refractivity contribution in [3.05, 3.63) is 46.1 Å². The lowest BCUT2D eigenvalue weighted by Crippen LogP contribution is -2.11. The lowest BCUT2D eigenvalue weighted by Gasteiger charge is -2.04. The van der Waals surface area contributed by atoms with Crippen LogP contribution in [0, 0.1) is 0 Å². The van der Waals surface area contributed by atoms with Gasteiger partial charge in [0, 0.05) is 10.9 Å². The van der Waals surface area contributed by atoms with Gasteiger partial charge in [0.15, 0.2) is 5.13 Å². The number of methoxy groups -OCH3 is 1. The van der Waals surface area contributed by atoms with E-state index in [0.717, 1.165) is 11.3 Å². The standard InChI is InChI=1S/C14H12N4O2S/c1-20-9-4-2-8(3-5-9)11-6-10(13(19)18-17-11)12-7-21-14(15)16-12/h2-7H,1H3,(H2,15,16)(H,18,19). The Bertz CT molecular complexity index is 823. The molecular weight excluding hydrogens is 288 g/mol. The second-order valence-electron chi connectivity index (χ2n) is 4.30. The molecule has 0 aliphatic heterocycles. The van der Waals surface area contributed by atoms with E-state index in [1.165, 1.54) is 11.3 Å². The third kappa shape index (κ3) is 2.63. The number of nitrogens with zero attached hydrogens (tertiary/aromatic N) is 2. The highest BCUT2D eigenvalue weighted by atomic mass is 32.1. The molecule has 0 bridgehead atoms. The van der Waals surface area contributed by atoms with E-state index in [1.807, 2.05) is 24.3 Å². The monoisotopic (exact) mass is 300 g/mol. The van der Waals surface area contributed by atoms with Gasteiger partial charge in [-0.3, -0.25) is 4.79 Å². The molecule has 21 heavy (non-hydrogen) atoms. The zero-order chi connectivity index (χ0) is 14.8. The van der Waals surface area contributed by atoms with Crippen molar-refractivity contribution in [2.24, 2.45) is 0 Å². The molecule has 7 heteroatoms. The number of thiazole rings is 1. The van der Waals surface area contributed by atoms with Crippen LogP contribution in [0.15, 0.2) is 40.5 Å². The molecule has 3 rings (SSSR count). The van der Waals surface area contributed by atoms with Gasteiger partial charge in [-0.2, -0.15) is 5.10 Å². The fraction of sp³-hybridized carbons (Fsp3) is 0.0714. The van der Waals surface area contributed by atoms with Crippen LogP contribution in [0.2, 0.25) is 0 Å². The fourth-order valence-electron chi connectivity index (χ4n) is 1.92. The lowest BCUT2D eigenvalue weighted by atomic mass is 10.1. The number of hydrogen-bond acceptors (Lipinski definition) is 6. The number of benzene rings is 1. The molecule has 3 N–H and O–H groups in total. The normalized spacial score (nSPS) is 10.5. The van der Waals surface area contributed by atoms with Crippen LogP contribution in [0.25, 0.3) is 22.5 Å². The van der Waals surface area contributed by atoms with Crippen LogP contribution in [0.4, 0.5) is 5.13 Å². The molecule has 3 aromatic rings. The molecule has 0 atom stereocenters. The van der Waals surface area contributed by atoms with Crippen LogP contribution in [-0.4, -0.2) is 22.3 Å². The van der Waals surface area contributed by atoms with Crippen LogP contribution >= 0.6 is 11.3 Å². The van der Waals surface area contributed by atoms with E-state index in [2.05, 4.69) is 15.2 Å². The van der Waals surface area contributed by atoms with E-state index in [-0.39, 0.29) is 5.56 Å². The Kier molecular flexibility index (Phi) is 3.41. The summed E-state index contributed by atoms with van der Waals surface area (Å²) in [6, 6.07) is 9.12. The van der Waals surface area contributed by atoms with Gasteiger partial charge < -0.3 is 10.5 Å². The first kappa shape index (κ1) is 13.3. The largest absolute Gasteiger partial charge is 0.497 e.